The maximum atomic E-state index is 12.4. The SMILES string of the molecule is COC(=O)C(Cl)(CCC(C)C(F)(F)F)SCCC(F)(F)F. The van der Waals surface area contributed by atoms with Crippen LogP contribution in [0, 0.1) is 5.92 Å². The Kier molecular flexibility index (Phi) is 7.69. The molecule has 0 bridgehead atoms. The number of esters is 1. The van der Waals surface area contributed by atoms with Crippen LogP contribution in [0.3, 0.4) is 0 Å². The highest BCUT2D eigenvalue weighted by atomic mass is 35.5. The fraction of sp³-hybridized carbons (Fsp3) is 0.909. The van der Waals surface area contributed by atoms with E-state index in [0.29, 0.717) is 11.8 Å². The van der Waals surface area contributed by atoms with E-state index in [2.05, 4.69) is 4.74 Å². The Labute approximate surface area is 127 Å². The Hall–Kier alpha value is -0.310. The van der Waals surface area contributed by atoms with Crippen molar-refractivity contribution < 1.29 is 35.9 Å². The van der Waals surface area contributed by atoms with Gasteiger partial charge in [-0.15, -0.1) is 11.8 Å². The first-order valence-electron chi connectivity index (χ1n) is 5.86. The molecule has 0 spiro atoms. The lowest BCUT2D eigenvalue weighted by atomic mass is 10.0. The summed E-state index contributed by atoms with van der Waals surface area (Å²) in [6, 6.07) is 0. The highest BCUT2D eigenvalue weighted by molar-refractivity contribution is 8.02. The monoisotopic (exact) mass is 360 g/mol. The molecule has 0 heterocycles. The minimum atomic E-state index is -4.45. The third kappa shape index (κ3) is 8.04. The highest BCUT2D eigenvalue weighted by Gasteiger charge is 2.43. The number of hydrogen-bond donors (Lipinski definition) is 0. The first kappa shape index (κ1) is 20.7. The van der Waals surface area contributed by atoms with Crippen molar-refractivity contribution in [2.75, 3.05) is 12.9 Å². The molecule has 0 N–H and O–H groups in total. The molecule has 0 saturated heterocycles. The van der Waals surface area contributed by atoms with E-state index < -0.39 is 53.5 Å². The van der Waals surface area contributed by atoms with Crippen molar-refractivity contribution in [3.8, 4) is 0 Å². The van der Waals surface area contributed by atoms with E-state index in [1.54, 1.807) is 0 Å². The van der Waals surface area contributed by atoms with Gasteiger partial charge in [-0.2, -0.15) is 26.3 Å². The number of carbonyl (C=O) groups is 1. The van der Waals surface area contributed by atoms with Crippen molar-refractivity contribution >= 4 is 29.3 Å². The summed E-state index contributed by atoms with van der Waals surface area (Å²) in [6.07, 6.45) is -11.0. The maximum absolute atomic E-state index is 12.4. The van der Waals surface area contributed by atoms with Crippen LogP contribution >= 0.6 is 23.4 Å². The molecule has 0 rings (SSSR count). The summed E-state index contributed by atoms with van der Waals surface area (Å²) in [5.41, 5.74) is 0. The van der Waals surface area contributed by atoms with Crippen LogP contribution in [0.5, 0.6) is 0 Å². The number of methoxy groups -OCH3 is 1. The molecule has 2 nitrogen and oxygen atoms in total. The van der Waals surface area contributed by atoms with E-state index in [0.717, 1.165) is 14.0 Å². The maximum Gasteiger partial charge on any atom is 0.391 e. The lowest BCUT2D eigenvalue weighted by Gasteiger charge is -2.26. The molecule has 0 saturated carbocycles. The summed E-state index contributed by atoms with van der Waals surface area (Å²) < 4.78 is 75.8. The number of halogens is 7. The minimum absolute atomic E-state index is 0.440. The van der Waals surface area contributed by atoms with E-state index in [1.165, 1.54) is 0 Å². The van der Waals surface area contributed by atoms with E-state index in [1.807, 2.05) is 0 Å². The van der Waals surface area contributed by atoms with Crippen LogP contribution in [0.2, 0.25) is 0 Å². The molecule has 0 aliphatic heterocycles. The van der Waals surface area contributed by atoms with Gasteiger partial charge in [-0.1, -0.05) is 18.5 Å². The summed E-state index contributed by atoms with van der Waals surface area (Å²) in [5, 5.41) is 0. The van der Waals surface area contributed by atoms with Crippen LogP contribution in [0.15, 0.2) is 0 Å². The smallest absolute Gasteiger partial charge is 0.391 e. The second-order valence-electron chi connectivity index (χ2n) is 4.42. The molecule has 10 heteroatoms. The Morgan fingerprint density at radius 2 is 1.71 bits per heavy atom. The summed E-state index contributed by atoms with van der Waals surface area (Å²) in [7, 11) is 0.969. The number of rotatable bonds is 7. The zero-order chi connectivity index (χ0) is 16.9. The quantitative estimate of drug-likeness (QED) is 0.372. The molecule has 0 aliphatic rings. The molecular weight excluding hydrogens is 346 g/mol. The third-order valence-corrected chi connectivity index (χ3v) is 4.57. The number of thioether (sulfide) groups is 1. The van der Waals surface area contributed by atoms with Gasteiger partial charge in [0.25, 0.3) is 0 Å². The molecule has 0 aliphatic carbocycles. The van der Waals surface area contributed by atoms with Gasteiger partial charge in [0, 0.05) is 5.75 Å². The second-order valence-corrected chi connectivity index (χ2v) is 6.68. The molecule has 0 radical (unpaired) electrons. The van der Waals surface area contributed by atoms with Crippen molar-refractivity contribution in [3.63, 3.8) is 0 Å². The molecule has 0 amide bonds. The van der Waals surface area contributed by atoms with Gasteiger partial charge in [-0.3, -0.25) is 0 Å². The highest BCUT2D eigenvalue weighted by Crippen LogP contribution is 2.41. The molecule has 2 unspecified atom stereocenters. The van der Waals surface area contributed by atoms with Crippen molar-refractivity contribution in [2.24, 2.45) is 5.92 Å². The molecule has 126 valence electrons. The number of hydrogen-bond acceptors (Lipinski definition) is 3. The van der Waals surface area contributed by atoms with Crippen LogP contribution in [-0.2, 0) is 9.53 Å². The van der Waals surface area contributed by atoms with Crippen LogP contribution in [0.1, 0.15) is 26.2 Å². The Balaban J connectivity index is 4.67. The van der Waals surface area contributed by atoms with Crippen molar-refractivity contribution in [1.82, 2.24) is 0 Å². The largest absolute Gasteiger partial charge is 0.467 e. The molecule has 0 aromatic carbocycles. The molecular formula is C11H15ClF6O2S. The second kappa shape index (κ2) is 7.80. The van der Waals surface area contributed by atoms with Gasteiger partial charge in [0.1, 0.15) is 0 Å². The Morgan fingerprint density at radius 1 is 1.19 bits per heavy atom. The van der Waals surface area contributed by atoms with Crippen molar-refractivity contribution in [2.45, 2.75) is 42.7 Å². The molecule has 2 atom stereocenters. The fourth-order valence-electron chi connectivity index (χ4n) is 1.28. The summed E-state index contributed by atoms with van der Waals surface area (Å²) >= 11 is 6.31. The van der Waals surface area contributed by atoms with Gasteiger partial charge in [0.15, 0.2) is 4.21 Å². The zero-order valence-corrected chi connectivity index (χ0v) is 12.8. The van der Waals surface area contributed by atoms with Crippen molar-refractivity contribution in [3.05, 3.63) is 0 Å². The van der Waals surface area contributed by atoms with E-state index in [9.17, 15) is 31.1 Å². The minimum Gasteiger partial charge on any atom is -0.467 e. The molecule has 0 fully saturated rings. The van der Waals surface area contributed by atoms with Crippen LogP contribution in [-0.4, -0.2) is 35.4 Å². The fourth-order valence-corrected chi connectivity index (χ4v) is 2.82. The number of alkyl halides is 7. The zero-order valence-electron chi connectivity index (χ0n) is 11.3. The van der Waals surface area contributed by atoms with E-state index in [4.69, 9.17) is 11.6 Å². The van der Waals surface area contributed by atoms with Gasteiger partial charge >= 0.3 is 18.3 Å². The van der Waals surface area contributed by atoms with Crippen LogP contribution in [0.4, 0.5) is 26.3 Å². The predicted octanol–water partition coefficient (Wildman–Crippen LogP) is 4.76. The Morgan fingerprint density at radius 3 is 2.10 bits per heavy atom. The van der Waals surface area contributed by atoms with E-state index in [-0.39, 0.29) is 0 Å². The Bertz CT molecular complexity index is 347. The first-order valence-corrected chi connectivity index (χ1v) is 7.23. The number of carbonyl (C=O) groups excluding carboxylic acids is 1. The van der Waals surface area contributed by atoms with Gasteiger partial charge in [-0.05, 0) is 12.8 Å². The molecule has 0 aromatic rings. The first-order chi connectivity index (χ1) is 9.32. The normalized spacial score (nSPS) is 17.2. The molecule has 0 aromatic heterocycles. The molecule has 21 heavy (non-hydrogen) atoms. The third-order valence-electron chi connectivity index (χ3n) is 2.66. The number of ether oxygens (including phenoxy) is 1. The average molecular weight is 361 g/mol. The van der Waals surface area contributed by atoms with Crippen LogP contribution in [0.25, 0.3) is 0 Å². The topological polar surface area (TPSA) is 26.3 Å². The van der Waals surface area contributed by atoms with Gasteiger partial charge in [0.2, 0.25) is 0 Å². The summed E-state index contributed by atoms with van der Waals surface area (Å²) in [4.78, 5) is 11.5. The van der Waals surface area contributed by atoms with Gasteiger partial charge in [0.05, 0.1) is 19.4 Å². The van der Waals surface area contributed by atoms with Gasteiger partial charge < -0.3 is 4.74 Å². The predicted molar refractivity (Wildman–Crippen MR) is 68.2 cm³/mol. The summed E-state index contributed by atoms with van der Waals surface area (Å²) in [6.45, 7) is 0.912. The average Bonchev–Trinajstić information content (AvgIpc) is 2.32. The van der Waals surface area contributed by atoms with E-state index >= 15 is 0 Å². The van der Waals surface area contributed by atoms with Crippen LogP contribution < -0.4 is 0 Å². The summed E-state index contributed by atoms with van der Waals surface area (Å²) in [5.74, 6) is -3.31. The van der Waals surface area contributed by atoms with Gasteiger partial charge in [-0.25, -0.2) is 4.79 Å². The lowest BCUT2D eigenvalue weighted by molar-refractivity contribution is -0.172. The standard InChI is InChI=1S/C11H15ClF6O2S/c1-7(11(16,17)18)3-4-9(12,8(19)20-2)21-6-5-10(13,14)15/h7H,3-6H2,1-2H3. The van der Waals surface area contributed by atoms with Crippen molar-refractivity contribution in [1.29, 1.82) is 0 Å². The lowest BCUT2D eigenvalue weighted by Crippen LogP contribution is -2.33.